The van der Waals surface area contributed by atoms with E-state index in [0.29, 0.717) is 29.6 Å². The molecule has 0 aromatic carbocycles. The first kappa shape index (κ1) is 14.7. The molecule has 21 heavy (non-hydrogen) atoms. The molecule has 0 bridgehead atoms. The molecule has 1 N–H and O–H groups in total. The van der Waals surface area contributed by atoms with Crippen LogP contribution >= 0.6 is 0 Å². The van der Waals surface area contributed by atoms with Gasteiger partial charge in [0.2, 0.25) is 11.7 Å². The molecule has 0 unspecified atom stereocenters. The third kappa shape index (κ3) is 4.13. The van der Waals surface area contributed by atoms with Crippen LogP contribution in [0.25, 0.3) is 6.08 Å². The van der Waals surface area contributed by atoms with Gasteiger partial charge in [0, 0.05) is 18.2 Å². The second-order valence-electron chi connectivity index (χ2n) is 4.25. The van der Waals surface area contributed by atoms with Gasteiger partial charge in [-0.3, -0.25) is 0 Å². The summed E-state index contributed by atoms with van der Waals surface area (Å²) in [6.45, 7) is 3.85. The third-order valence-corrected chi connectivity index (χ3v) is 2.58. The molecule has 0 aliphatic rings. The van der Waals surface area contributed by atoms with Crippen molar-refractivity contribution in [2.24, 2.45) is 0 Å². The van der Waals surface area contributed by atoms with Gasteiger partial charge in [-0.1, -0.05) is 12.1 Å². The van der Waals surface area contributed by atoms with E-state index in [0.717, 1.165) is 11.8 Å². The normalized spacial score (nSPS) is 11.0. The molecule has 0 amide bonds. The quantitative estimate of drug-likeness (QED) is 0.812. The molecular formula is C14H15N3O4. The van der Waals surface area contributed by atoms with E-state index in [2.05, 4.69) is 15.1 Å². The number of hydrogen-bond acceptors (Lipinski definition) is 6. The topological polar surface area (TPSA) is 98.3 Å². The average molecular weight is 289 g/mol. The standard InChI is InChI=1S/C14H15N3O4/c1-3-13-16-12(17-21-13)8-20-11-6-4-9(2)15-10(11)5-7-14(18)19/h4-7H,3,8H2,1-2H3,(H,18,19). The molecule has 0 radical (unpaired) electrons. The molecule has 2 aromatic rings. The monoisotopic (exact) mass is 289 g/mol. The van der Waals surface area contributed by atoms with E-state index in [1.54, 1.807) is 12.1 Å². The lowest BCUT2D eigenvalue weighted by Crippen LogP contribution is -2.01. The summed E-state index contributed by atoms with van der Waals surface area (Å²) in [5.74, 6) is 0.387. The summed E-state index contributed by atoms with van der Waals surface area (Å²) in [5, 5.41) is 12.5. The Kier molecular flexibility index (Phi) is 4.65. The average Bonchev–Trinajstić information content (AvgIpc) is 2.92. The second-order valence-corrected chi connectivity index (χ2v) is 4.25. The molecule has 0 atom stereocenters. The van der Waals surface area contributed by atoms with Crippen molar-refractivity contribution in [3.05, 3.63) is 41.3 Å². The number of rotatable bonds is 6. The zero-order chi connectivity index (χ0) is 15.2. The van der Waals surface area contributed by atoms with Crippen molar-refractivity contribution < 1.29 is 19.2 Å². The van der Waals surface area contributed by atoms with Crippen molar-refractivity contribution in [2.75, 3.05) is 0 Å². The molecule has 0 aliphatic carbocycles. The van der Waals surface area contributed by atoms with Gasteiger partial charge in [-0.2, -0.15) is 4.98 Å². The van der Waals surface area contributed by atoms with E-state index in [-0.39, 0.29) is 6.61 Å². The van der Waals surface area contributed by atoms with E-state index in [1.165, 1.54) is 6.08 Å². The van der Waals surface area contributed by atoms with Gasteiger partial charge in [-0.15, -0.1) is 0 Å². The molecule has 0 aliphatic heterocycles. The number of aryl methyl sites for hydroxylation is 2. The molecule has 110 valence electrons. The molecule has 7 nitrogen and oxygen atoms in total. The van der Waals surface area contributed by atoms with Crippen LogP contribution in [0.3, 0.4) is 0 Å². The minimum atomic E-state index is -1.05. The molecule has 0 fully saturated rings. The number of carboxylic acids is 1. The minimum absolute atomic E-state index is 0.127. The summed E-state index contributed by atoms with van der Waals surface area (Å²) < 4.78 is 10.6. The van der Waals surface area contributed by atoms with Crippen molar-refractivity contribution in [2.45, 2.75) is 26.9 Å². The summed E-state index contributed by atoms with van der Waals surface area (Å²) in [7, 11) is 0. The van der Waals surface area contributed by atoms with Crippen molar-refractivity contribution >= 4 is 12.0 Å². The van der Waals surface area contributed by atoms with Gasteiger partial charge in [-0.25, -0.2) is 9.78 Å². The lowest BCUT2D eigenvalue weighted by Gasteiger charge is -2.07. The largest absolute Gasteiger partial charge is 0.483 e. The van der Waals surface area contributed by atoms with E-state index < -0.39 is 5.97 Å². The number of hydrogen-bond donors (Lipinski definition) is 1. The van der Waals surface area contributed by atoms with Crippen LogP contribution in [0.1, 0.15) is 30.0 Å². The predicted molar refractivity (Wildman–Crippen MR) is 73.7 cm³/mol. The highest BCUT2D eigenvalue weighted by Gasteiger charge is 2.08. The Bertz CT molecular complexity index is 664. The maximum atomic E-state index is 10.6. The van der Waals surface area contributed by atoms with Crippen molar-refractivity contribution in [1.82, 2.24) is 15.1 Å². The highest BCUT2D eigenvalue weighted by molar-refractivity contribution is 5.85. The summed E-state index contributed by atoms with van der Waals surface area (Å²) in [6.07, 6.45) is 3.06. The SMILES string of the molecule is CCc1nc(COc2ccc(C)nc2C=CC(=O)O)no1. The Balaban J connectivity index is 2.13. The maximum Gasteiger partial charge on any atom is 0.328 e. The second kappa shape index (κ2) is 6.65. The first-order valence-electron chi connectivity index (χ1n) is 6.41. The van der Waals surface area contributed by atoms with Crippen LogP contribution in [0.4, 0.5) is 0 Å². The fourth-order valence-corrected chi connectivity index (χ4v) is 1.59. The van der Waals surface area contributed by atoms with Gasteiger partial charge in [-0.05, 0) is 25.1 Å². The number of ether oxygens (including phenoxy) is 1. The van der Waals surface area contributed by atoms with Crippen LogP contribution in [-0.4, -0.2) is 26.2 Å². The number of aromatic nitrogens is 3. The Hall–Kier alpha value is -2.70. The summed E-state index contributed by atoms with van der Waals surface area (Å²) in [5.41, 5.74) is 1.21. The highest BCUT2D eigenvalue weighted by atomic mass is 16.5. The van der Waals surface area contributed by atoms with Gasteiger partial charge >= 0.3 is 5.97 Å². The van der Waals surface area contributed by atoms with Crippen molar-refractivity contribution in [1.29, 1.82) is 0 Å². The van der Waals surface area contributed by atoms with E-state index in [4.69, 9.17) is 14.4 Å². The Labute approximate surface area is 121 Å². The fraction of sp³-hybridized carbons (Fsp3) is 0.286. The highest BCUT2D eigenvalue weighted by Crippen LogP contribution is 2.19. The van der Waals surface area contributed by atoms with Crippen molar-refractivity contribution in [3.8, 4) is 5.75 Å². The van der Waals surface area contributed by atoms with Crippen LogP contribution in [0.2, 0.25) is 0 Å². The molecule has 2 aromatic heterocycles. The van der Waals surface area contributed by atoms with Gasteiger partial charge < -0.3 is 14.4 Å². The number of aliphatic carboxylic acids is 1. The van der Waals surface area contributed by atoms with Crippen LogP contribution in [-0.2, 0) is 17.8 Å². The molecular weight excluding hydrogens is 274 g/mol. The maximum absolute atomic E-state index is 10.6. The van der Waals surface area contributed by atoms with Crippen LogP contribution < -0.4 is 4.74 Å². The number of nitrogens with zero attached hydrogens (tertiary/aromatic N) is 3. The molecule has 2 heterocycles. The molecule has 7 heteroatoms. The Morgan fingerprint density at radius 3 is 2.90 bits per heavy atom. The van der Waals surface area contributed by atoms with Crippen LogP contribution in [0.15, 0.2) is 22.7 Å². The first-order valence-corrected chi connectivity index (χ1v) is 6.41. The predicted octanol–water partition coefficient (Wildman–Crippen LogP) is 2.01. The lowest BCUT2D eigenvalue weighted by atomic mass is 10.2. The molecule has 0 saturated heterocycles. The Morgan fingerprint density at radius 1 is 1.43 bits per heavy atom. The van der Waals surface area contributed by atoms with Crippen LogP contribution in [0, 0.1) is 6.92 Å². The van der Waals surface area contributed by atoms with Crippen molar-refractivity contribution in [3.63, 3.8) is 0 Å². The number of carboxylic acid groups (broad SMARTS) is 1. The van der Waals surface area contributed by atoms with Gasteiger partial charge in [0.15, 0.2) is 6.61 Å². The minimum Gasteiger partial charge on any atom is -0.483 e. The lowest BCUT2D eigenvalue weighted by molar-refractivity contribution is -0.131. The zero-order valence-corrected chi connectivity index (χ0v) is 11.7. The smallest absolute Gasteiger partial charge is 0.328 e. The zero-order valence-electron chi connectivity index (χ0n) is 11.7. The third-order valence-electron chi connectivity index (χ3n) is 2.58. The van der Waals surface area contributed by atoms with Gasteiger partial charge in [0.05, 0.1) is 0 Å². The van der Waals surface area contributed by atoms with E-state index >= 15 is 0 Å². The van der Waals surface area contributed by atoms with Gasteiger partial charge in [0.1, 0.15) is 11.4 Å². The van der Waals surface area contributed by atoms with E-state index in [1.807, 2.05) is 13.8 Å². The summed E-state index contributed by atoms with van der Waals surface area (Å²) in [6, 6.07) is 3.51. The van der Waals surface area contributed by atoms with Gasteiger partial charge in [0.25, 0.3) is 0 Å². The van der Waals surface area contributed by atoms with Crippen LogP contribution in [0.5, 0.6) is 5.75 Å². The Morgan fingerprint density at radius 2 is 2.24 bits per heavy atom. The summed E-state index contributed by atoms with van der Waals surface area (Å²) in [4.78, 5) is 19.0. The molecule has 0 saturated carbocycles. The van der Waals surface area contributed by atoms with E-state index in [9.17, 15) is 4.79 Å². The first-order chi connectivity index (χ1) is 10.1. The molecule has 2 rings (SSSR count). The molecule has 0 spiro atoms. The number of pyridine rings is 1. The number of carbonyl (C=O) groups is 1. The fourth-order valence-electron chi connectivity index (χ4n) is 1.59. The summed E-state index contributed by atoms with van der Waals surface area (Å²) >= 11 is 0.